The first-order chi connectivity index (χ1) is 7.18. The molecule has 0 atom stereocenters. The van der Waals surface area contributed by atoms with Crippen LogP contribution in [-0.4, -0.2) is 0 Å². The average molecular weight is 257 g/mol. The summed E-state index contributed by atoms with van der Waals surface area (Å²) in [7, 11) is 0. The largest absolute Gasteiger partial charge is 0.0843 e. The molecule has 2 rings (SSSR count). The third kappa shape index (κ3) is 2.28. The molecular weight excluding hydrogens is 250 g/mol. The molecule has 0 aliphatic heterocycles. The first-order valence-corrected chi connectivity index (χ1v) is 5.43. The maximum atomic E-state index is 6.07. The minimum atomic E-state index is 0.518. The molecule has 75 valence electrons. The Morgan fingerprint density at radius 3 is 2.13 bits per heavy atom. The van der Waals surface area contributed by atoms with Crippen molar-refractivity contribution in [2.45, 2.75) is 0 Å². The summed E-state index contributed by atoms with van der Waals surface area (Å²) in [4.78, 5) is 0. The highest BCUT2D eigenvalue weighted by Gasteiger charge is 2.07. The van der Waals surface area contributed by atoms with E-state index in [0.29, 0.717) is 15.1 Å². The molecular formula is C12H6Cl3. The topological polar surface area (TPSA) is 0 Å². The Labute approximate surface area is 103 Å². The van der Waals surface area contributed by atoms with Gasteiger partial charge in [0.15, 0.2) is 0 Å². The molecule has 0 spiro atoms. The van der Waals surface area contributed by atoms with Crippen LogP contribution in [0.1, 0.15) is 0 Å². The van der Waals surface area contributed by atoms with Crippen molar-refractivity contribution in [1.82, 2.24) is 0 Å². The Bertz CT molecular complexity index is 454. The Kier molecular flexibility index (Phi) is 3.20. The van der Waals surface area contributed by atoms with Crippen molar-refractivity contribution in [3.63, 3.8) is 0 Å². The zero-order chi connectivity index (χ0) is 10.8. The van der Waals surface area contributed by atoms with Crippen LogP contribution in [0.15, 0.2) is 36.4 Å². The summed E-state index contributed by atoms with van der Waals surface area (Å²) in [5.74, 6) is 0. The van der Waals surface area contributed by atoms with Gasteiger partial charge in [0, 0.05) is 21.7 Å². The molecule has 0 fully saturated rings. The zero-order valence-corrected chi connectivity index (χ0v) is 9.87. The molecule has 0 unspecified atom stereocenters. The minimum Gasteiger partial charge on any atom is -0.0843 e. The first kappa shape index (κ1) is 10.8. The molecule has 0 nitrogen and oxygen atoms in total. The van der Waals surface area contributed by atoms with Gasteiger partial charge in [-0.25, -0.2) is 0 Å². The van der Waals surface area contributed by atoms with E-state index in [1.54, 1.807) is 24.3 Å². The molecule has 0 aliphatic rings. The highest BCUT2D eigenvalue weighted by Crippen LogP contribution is 2.34. The fraction of sp³-hybridized carbons (Fsp3) is 0. The van der Waals surface area contributed by atoms with Gasteiger partial charge in [-0.3, -0.25) is 0 Å². The van der Waals surface area contributed by atoms with Gasteiger partial charge in [0.25, 0.3) is 0 Å². The van der Waals surface area contributed by atoms with Crippen molar-refractivity contribution in [3.8, 4) is 11.1 Å². The van der Waals surface area contributed by atoms with Crippen molar-refractivity contribution < 1.29 is 0 Å². The Morgan fingerprint density at radius 2 is 1.53 bits per heavy atom. The summed E-state index contributed by atoms with van der Waals surface area (Å²) >= 11 is 17.9. The number of hydrogen-bond acceptors (Lipinski definition) is 0. The normalized spacial score (nSPS) is 10.3. The van der Waals surface area contributed by atoms with E-state index in [1.807, 2.05) is 12.1 Å². The van der Waals surface area contributed by atoms with Crippen LogP contribution in [0.25, 0.3) is 11.1 Å². The van der Waals surface area contributed by atoms with Crippen LogP contribution in [0.4, 0.5) is 0 Å². The van der Waals surface area contributed by atoms with Crippen molar-refractivity contribution in [2.75, 3.05) is 0 Å². The molecule has 2 aromatic rings. The third-order valence-electron chi connectivity index (χ3n) is 2.03. The number of halogens is 3. The standard InChI is InChI=1S/C12H6Cl3/c13-9-6-4-8(5-7-9)12-10(14)2-1-3-11(12)15/h1-2,4-7H. The number of rotatable bonds is 1. The van der Waals surface area contributed by atoms with E-state index in [4.69, 9.17) is 34.8 Å². The van der Waals surface area contributed by atoms with Crippen LogP contribution in [0.3, 0.4) is 0 Å². The molecule has 0 aromatic heterocycles. The van der Waals surface area contributed by atoms with Crippen molar-refractivity contribution >= 4 is 34.8 Å². The van der Waals surface area contributed by atoms with Crippen LogP contribution in [0.2, 0.25) is 15.1 Å². The van der Waals surface area contributed by atoms with Gasteiger partial charge in [0.1, 0.15) is 0 Å². The quantitative estimate of drug-likeness (QED) is 0.665. The van der Waals surface area contributed by atoms with Crippen LogP contribution in [0.5, 0.6) is 0 Å². The molecule has 0 bridgehead atoms. The maximum absolute atomic E-state index is 6.07. The summed E-state index contributed by atoms with van der Waals surface area (Å²) in [5.41, 5.74) is 1.73. The summed E-state index contributed by atoms with van der Waals surface area (Å²) < 4.78 is 0. The molecule has 0 heterocycles. The monoisotopic (exact) mass is 255 g/mol. The van der Waals surface area contributed by atoms with Crippen LogP contribution in [-0.2, 0) is 0 Å². The van der Waals surface area contributed by atoms with Gasteiger partial charge < -0.3 is 0 Å². The Hall–Kier alpha value is -0.690. The fourth-order valence-electron chi connectivity index (χ4n) is 1.33. The van der Waals surface area contributed by atoms with Gasteiger partial charge in [-0.05, 0) is 23.8 Å². The second-order valence-electron chi connectivity index (χ2n) is 3.02. The first-order valence-electron chi connectivity index (χ1n) is 4.30. The summed E-state index contributed by atoms with van der Waals surface area (Å²) in [5, 5.41) is 1.82. The lowest BCUT2D eigenvalue weighted by Crippen LogP contribution is -1.81. The molecule has 0 amide bonds. The average Bonchev–Trinajstić information content (AvgIpc) is 2.20. The van der Waals surface area contributed by atoms with Crippen LogP contribution in [0, 0.1) is 6.07 Å². The smallest absolute Gasteiger partial charge is 0.0578 e. The predicted molar refractivity (Wildman–Crippen MR) is 65.7 cm³/mol. The highest BCUT2D eigenvalue weighted by molar-refractivity contribution is 6.39. The van der Waals surface area contributed by atoms with Crippen LogP contribution >= 0.6 is 34.8 Å². The van der Waals surface area contributed by atoms with Gasteiger partial charge in [0.05, 0.1) is 5.02 Å². The SMILES string of the molecule is Clc1ccc(-c2c(Cl)[c]ccc2Cl)cc1. The Balaban J connectivity index is 2.58. The van der Waals surface area contributed by atoms with Gasteiger partial charge >= 0.3 is 0 Å². The lowest BCUT2D eigenvalue weighted by atomic mass is 10.1. The van der Waals surface area contributed by atoms with Gasteiger partial charge in [0.2, 0.25) is 0 Å². The lowest BCUT2D eigenvalue weighted by Gasteiger charge is -2.06. The molecule has 2 aromatic carbocycles. The molecule has 0 saturated heterocycles. The molecule has 0 saturated carbocycles. The maximum Gasteiger partial charge on any atom is 0.0578 e. The highest BCUT2D eigenvalue weighted by atomic mass is 35.5. The minimum absolute atomic E-state index is 0.518. The van der Waals surface area contributed by atoms with Gasteiger partial charge in [-0.15, -0.1) is 0 Å². The molecule has 1 radical (unpaired) electrons. The fourth-order valence-corrected chi connectivity index (χ4v) is 2.04. The summed E-state index contributed by atoms with van der Waals surface area (Å²) in [6.45, 7) is 0. The van der Waals surface area contributed by atoms with E-state index < -0.39 is 0 Å². The van der Waals surface area contributed by atoms with E-state index in [-0.39, 0.29) is 0 Å². The van der Waals surface area contributed by atoms with E-state index in [2.05, 4.69) is 6.07 Å². The second kappa shape index (κ2) is 4.44. The van der Waals surface area contributed by atoms with Crippen molar-refractivity contribution in [2.24, 2.45) is 0 Å². The van der Waals surface area contributed by atoms with Crippen molar-refractivity contribution in [3.05, 3.63) is 57.5 Å². The number of benzene rings is 2. The molecule has 3 heteroatoms. The molecule has 0 aliphatic carbocycles. The molecule has 15 heavy (non-hydrogen) atoms. The summed E-state index contributed by atoms with van der Waals surface area (Å²) in [6, 6.07) is 13.7. The van der Waals surface area contributed by atoms with E-state index in [0.717, 1.165) is 11.1 Å². The summed E-state index contributed by atoms with van der Waals surface area (Å²) in [6.07, 6.45) is 0. The van der Waals surface area contributed by atoms with Crippen LogP contribution < -0.4 is 0 Å². The second-order valence-corrected chi connectivity index (χ2v) is 4.24. The lowest BCUT2D eigenvalue weighted by molar-refractivity contribution is 1.61. The van der Waals surface area contributed by atoms with Gasteiger partial charge in [-0.1, -0.05) is 53.0 Å². The molecule has 0 N–H and O–H groups in total. The van der Waals surface area contributed by atoms with Crippen molar-refractivity contribution in [1.29, 1.82) is 0 Å². The third-order valence-corrected chi connectivity index (χ3v) is 2.90. The van der Waals surface area contributed by atoms with E-state index >= 15 is 0 Å². The zero-order valence-electron chi connectivity index (χ0n) is 7.60. The van der Waals surface area contributed by atoms with Gasteiger partial charge in [-0.2, -0.15) is 0 Å². The predicted octanol–water partition coefficient (Wildman–Crippen LogP) is 5.11. The Morgan fingerprint density at radius 1 is 0.867 bits per heavy atom. The van der Waals surface area contributed by atoms with E-state index in [9.17, 15) is 0 Å². The number of hydrogen-bond donors (Lipinski definition) is 0. The van der Waals surface area contributed by atoms with E-state index in [1.165, 1.54) is 0 Å².